The van der Waals surface area contributed by atoms with E-state index in [-0.39, 0.29) is 11.8 Å². The molecule has 0 radical (unpaired) electrons. The summed E-state index contributed by atoms with van der Waals surface area (Å²) in [6, 6.07) is 0. The maximum atomic E-state index is 10.3. The maximum absolute atomic E-state index is 10.3. The molecule has 1 unspecified atom stereocenters. The average molecular weight is 220 g/mol. The molecule has 16 heavy (non-hydrogen) atoms. The first-order chi connectivity index (χ1) is 7.54. The minimum Gasteiger partial charge on any atom is -0.481 e. The van der Waals surface area contributed by atoms with Gasteiger partial charge in [-0.25, -0.2) is 0 Å². The van der Waals surface area contributed by atoms with Gasteiger partial charge in [-0.3, -0.25) is 4.79 Å². The van der Waals surface area contributed by atoms with E-state index in [1.54, 1.807) is 0 Å². The molecule has 1 atom stereocenters. The van der Waals surface area contributed by atoms with Crippen LogP contribution in [0.2, 0.25) is 0 Å². The van der Waals surface area contributed by atoms with Gasteiger partial charge < -0.3 is 5.11 Å². The van der Waals surface area contributed by atoms with Crippen LogP contribution in [0.4, 0.5) is 0 Å². The van der Waals surface area contributed by atoms with Gasteiger partial charge in [-0.1, -0.05) is 31.7 Å². The zero-order valence-electron chi connectivity index (χ0n) is 9.91. The molecule has 0 aliphatic heterocycles. The van der Waals surface area contributed by atoms with Crippen molar-refractivity contribution in [3.63, 3.8) is 0 Å². The summed E-state index contributed by atoms with van der Waals surface area (Å²) in [5, 5.41) is 8.44. The average Bonchev–Trinajstić information content (AvgIpc) is 2.23. The molecule has 0 saturated carbocycles. The van der Waals surface area contributed by atoms with Crippen LogP contribution < -0.4 is 0 Å². The molecule has 2 heteroatoms. The lowest BCUT2D eigenvalue weighted by molar-refractivity contribution is -0.136. The van der Waals surface area contributed by atoms with Gasteiger partial charge in [-0.05, 0) is 25.3 Å². The zero-order valence-corrected chi connectivity index (χ0v) is 9.91. The van der Waals surface area contributed by atoms with Gasteiger partial charge in [0.1, 0.15) is 0 Å². The van der Waals surface area contributed by atoms with E-state index in [9.17, 15) is 4.79 Å². The number of hydrogen-bond donors (Lipinski definition) is 1. The fourth-order valence-electron chi connectivity index (χ4n) is 1.30. The summed E-state index contributed by atoms with van der Waals surface area (Å²) in [5.41, 5.74) is 2.71. The Morgan fingerprint density at radius 3 is 2.56 bits per heavy atom. The minimum absolute atomic E-state index is 0.0705. The third-order valence-electron chi connectivity index (χ3n) is 2.44. The van der Waals surface area contributed by atoms with Gasteiger partial charge in [0.15, 0.2) is 0 Å². The molecule has 0 aromatic rings. The quantitative estimate of drug-likeness (QED) is 0.500. The number of carboxylic acids is 1. The van der Waals surface area contributed by atoms with Crippen LogP contribution in [0.1, 0.15) is 32.6 Å². The first-order valence-corrected chi connectivity index (χ1v) is 5.41. The lowest BCUT2D eigenvalue weighted by Crippen LogP contribution is -2.07. The molecule has 0 amide bonds. The van der Waals surface area contributed by atoms with E-state index in [1.807, 2.05) is 24.3 Å². The molecular weight excluding hydrogens is 200 g/mol. The molecule has 88 valence electrons. The first-order valence-electron chi connectivity index (χ1n) is 5.41. The van der Waals surface area contributed by atoms with E-state index in [0.29, 0.717) is 6.42 Å². The van der Waals surface area contributed by atoms with Crippen LogP contribution in [0.3, 0.4) is 0 Å². The molecule has 0 aromatic carbocycles. The molecule has 0 aliphatic rings. The molecule has 0 aromatic heterocycles. The molecule has 0 rings (SSSR count). The van der Waals surface area contributed by atoms with Crippen molar-refractivity contribution in [2.45, 2.75) is 32.6 Å². The van der Waals surface area contributed by atoms with Crippen LogP contribution >= 0.6 is 0 Å². The third-order valence-corrected chi connectivity index (χ3v) is 2.44. The highest BCUT2D eigenvalue weighted by molar-refractivity contribution is 5.66. The van der Waals surface area contributed by atoms with E-state index in [0.717, 1.165) is 12.8 Å². The Bertz CT molecular complexity index is 309. The van der Waals surface area contributed by atoms with Crippen molar-refractivity contribution < 1.29 is 9.90 Å². The second-order valence-corrected chi connectivity index (χ2v) is 4.00. The van der Waals surface area contributed by atoms with Gasteiger partial charge >= 0.3 is 5.97 Å². The topological polar surface area (TPSA) is 37.3 Å². The molecule has 0 saturated heterocycles. The fourth-order valence-corrected chi connectivity index (χ4v) is 1.30. The standard InChI is InChI=1S/C14H20O2/c1-4-11-14(3,5-2)12-9-7-6-8-10-13(15)16/h5-7,11H,1-2,8-10,12H2,3H3,(H,15,16)/b7-6+. The lowest BCUT2D eigenvalue weighted by Gasteiger charge is -2.18. The van der Waals surface area contributed by atoms with Gasteiger partial charge in [0.05, 0.1) is 0 Å². The number of carboxylic acid groups (broad SMARTS) is 1. The Morgan fingerprint density at radius 1 is 1.44 bits per heavy atom. The Hall–Kier alpha value is -1.53. The Balaban J connectivity index is 3.91. The van der Waals surface area contributed by atoms with E-state index in [1.165, 1.54) is 0 Å². The van der Waals surface area contributed by atoms with E-state index >= 15 is 0 Å². The van der Waals surface area contributed by atoms with Crippen molar-refractivity contribution >= 4 is 5.97 Å². The largest absolute Gasteiger partial charge is 0.481 e. The second-order valence-electron chi connectivity index (χ2n) is 4.00. The highest BCUT2D eigenvalue weighted by atomic mass is 16.4. The van der Waals surface area contributed by atoms with Crippen molar-refractivity contribution in [2.24, 2.45) is 5.41 Å². The fraction of sp³-hybridized carbons (Fsp3) is 0.429. The number of carbonyl (C=O) groups is 1. The first kappa shape index (κ1) is 14.5. The highest BCUT2D eigenvalue weighted by Crippen LogP contribution is 2.26. The van der Waals surface area contributed by atoms with Crippen molar-refractivity contribution in [1.29, 1.82) is 0 Å². The van der Waals surface area contributed by atoms with Crippen LogP contribution in [0.25, 0.3) is 0 Å². The Morgan fingerprint density at radius 2 is 2.06 bits per heavy atom. The number of rotatable bonds is 8. The van der Waals surface area contributed by atoms with E-state index < -0.39 is 5.97 Å². The molecule has 0 spiro atoms. The molecule has 0 aliphatic carbocycles. The molecule has 1 N–H and O–H groups in total. The minimum atomic E-state index is -0.754. The normalized spacial score (nSPS) is 14.1. The maximum Gasteiger partial charge on any atom is 0.303 e. The van der Waals surface area contributed by atoms with Crippen LogP contribution in [0.15, 0.2) is 43.2 Å². The predicted octanol–water partition coefficient (Wildman–Crippen LogP) is 3.72. The smallest absolute Gasteiger partial charge is 0.303 e. The van der Waals surface area contributed by atoms with Crippen molar-refractivity contribution in [3.8, 4) is 0 Å². The van der Waals surface area contributed by atoms with Gasteiger partial charge in [0.25, 0.3) is 0 Å². The summed E-state index contributed by atoms with van der Waals surface area (Å²) >= 11 is 0. The SMILES string of the molecule is C=C=CC(C)(C=C)CC/C=C/CCC(=O)O. The van der Waals surface area contributed by atoms with E-state index in [4.69, 9.17) is 5.11 Å². The third kappa shape index (κ3) is 6.86. The summed E-state index contributed by atoms with van der Waals surface area (Å²) in [4.78, 5) is 10.3. The molecule has 2 nitrogen and oxygen atoms in total. The second kappa shape index (κ2) is 7.72. The molecular formula is C14H20O2. The zero-order chi connectivity index (χ0) is 12.4. The predicted molar refractivity (Wildman–Crippen MR) is 67.3 cm³/mol. The van der Waals surface area contributed by atoms with Crippen LogP contribution in [-0.4, -0.2) is 11.1 Å². The van der Waals surface area contributed by atoms with Crippen molar-refractivity contribution in [3.05, 3.63) is 43.2 Å². The van der Waals surface area contributed by atoms with Crippen LogP contribution in [0, 0.1) is 5.41 Å². The van der Waals surface area contributed by atoms with Crippen LogP contribution in [0.5, 0.6) is 0 Å². The number of hydrogen-bond acceptors (Lipinski definition) is 1. The monoisotopic (exact) mass is 220 g/mol. The summed E-state index contributed by atoms with van der Waals surface area (Å²) in [5.74, 6) is -0.754. The highest BCUT2D eigenvalue weighted by Gasteiger charge is 2.14. The van der Waals surface area contributed by atoms with Crippen LogP contribution in [-0.2, 0) is 4.79 Å². The number of allylic oxidation sites excluding steroid dienone is 4. The molecule has 0 bridgehead atoms. The summed E-state index contributed by atoms with van der Waals surface area (Å²) in [6.07, 6.45) is 10.3. The summed E-state index contributed by atoms with van der Waals surface area (Å²) in [7, 11) is 0. The Labute approximate surface area is 97.7 Å². The Kier molecular flexibility index (Phi) is 6.98. The van der Waals surface area contributed by atoms with Gasteiger partial charge in [-0.15, -0.1) is 12.3 Å². The van der Waals surface area contributed by atoms with Gasteiger partial charge in [0, 0.05) is 11.8 Å². The molecule has 0 fully saturated rings. The van der Waals surface area contributed by atoms with Crippen molar-refractivity contribution in [1.82, 2.24) is 0 Å². The van der Waals surface area contributed by atoms with Gasteiger partial charge in [-0.2, -0.15) is 0 Å². The molecule has 0 heterocycles. The van der Waals surface area contributed by atoms with Crippen molar-refractivity contribution in [2.75, 3.05) is 0 Å². The lowest BCUT2D eigenvalue weighted by atomic mass is 9.85. The van der Waals surface area contributed by atoms with Gasteiger partial charge in [0.2, 0.25) is 0 Å². The summed E-state index contributed by atoms with van der Waals surface area (Å²) < 4.78 is 0. The number of aliphatic carboxylic acids is 1. The van der Waals surface area contributed by atoms with E-state index in [2.05, 4.69) is 25.8 Å². The summed E-state index contributed by atoms with van der Waals surface area (Å²) in [6.45, 7) is 9.42.